The van der Waals surface area contributed by atoms with Gasteiger partial charge in [-0.2, -0.15) is 0 Å². The van der Waals surface area contributed by atoms with Crippen LogP contribution in [-0.2, 0) is 30.3 Å². The van der Waals surface area contributed by atoms with Crippen LogP contribution in [0.5, 0.6) is 0 Å². The molecular formula is C23H26Cl2N2O5. The summed E-state index contributed by atoms with van der Waals surface area (Å²) in [5, 5.41) is 3.59. The van der Waals surface area contributed by atoms with Crippen molar-refractivity contribution in [3.8, 4) is 0 Å². The first-order chi connectivity index (χ1) is 15.1. The van der Waals surface area contributed by atoms with Crippen molar-refractivity contribution in [1.82, 2.24) is 0 Å². The second-order valence-corrected chi connectivity index (χ2v) is 8.17. The molecule has 2 aromatic rings. The lowest BCUT2D eigenvalue weighted by molar-refractivity contribution is -0.143. The number of halogens is 2. The molecule has 0 bridgehead atoms. The van der Waals surface area contributed by atoms with E-state index < -0.39 is 17.9 Å². The number of amides is 2. The molecule has 0 spiro atoms. The number of benzene rings is 2. The number of anilines is 2. The average molecular weight is 481 g/mol. The minimum atomic E-state index is -0.877. The van der Waals surface area contributed by atoms with Gasteiger partial charge in [-0.25, -0.2) is 4.79 Å². The van der Waals surface area contributed by atoms with Gasteiger partial charge < -0.3 is 14.8 Å². The van der Waals surface area contributed by atoms with E-state index in [1.165, 1.54) is 19.1 Å². The van der Waals surface area contributed by atoms with Crippen molar-refractivity contribution in [1.29, 1.82) is 0 Å². The van der Waals surface area contributed by atoms with Gasteiger partial charge in [-0.3, -0.25) is 14.5 Å². The van der Waals surface area contributed by atoms with Crippen molar-refractivity contribution in [2.45, 2.75) is 33.2 Å². The van der Waals surface area contributed by atoms with E-state index in [2.05, 4.69) is 5.32 Å². The lowest BCUT2D eigenvalue weighted by atomic mass is 9.98. The minimum Gasteiger partial charge on any atom is -0.467 e. The number of hydrogen-bond donors (Lipinski definition) is 1. The van der Waals surface area contributed by atoms with Gasteiger partial charge in [0.05, 0.1) is 19.2 Å². The summed E-state index contributed by atoms with van der Waals surface area (Å²) in [6.45, 7) is 5.01. The molecule has 0 fully saturated rings. The van der Waals surface area contributed by atoms with Gasteiger partial charge in [0.15, 0.2) is 0 Å². The Morgan fingerprint density at radius 1 is 1.06 bits per heavy atom. The second-order valence-electron chi connectivity index (χ2n) is 7.29. The highest BCUT2D eigenvalue weighted by Crippen LogP contribution is 2.31. The maximum atomic E-state index is 12.8. The molecule has 2 aromatic carbocycles. The molecule has 0 heterocycles. The van der Waals surface area contributed by atoms with Crippen molar-refractivity contribution in [2.24, 2.45) is 0 Å². The SMILES string of the molecule is COCC(=O)N(c1c(C)ccc(CC(=O)Nc2cc(Cl)cc(Cl)c2)c1C)C(C)C(=O)OC. The van der Waals surface area contributed by atoms with Crippen molar-refractivity contribution in [2.75, 3.05) is 31.0 Å². The number of carbonyl (C=O) groups is 3. The zero-order valence-corrected chi connectivity index (χ0v) is 20.1. The number of methoxy groups -OCH3 is 2. The zero-order chi connectivity index (χ0) is 24.0. The van der Waals surface area contributed by atoms with Crippen LogP contribution in [0.4, 0.5) is 11.4 Å². The number of ether oxygens (including phenoxy) is 2. The van der Waals surface area contributed by atoms with Gasteiger partial charge >= 0.3 is 5.97 Å². The highest BCUT2D eigenvalue weighted by atomic mass is 35.5. The quantitative estimate of drug-likeness (QED) is 0.568. The van der Waals surface area contributed by atoms with Gasteiger partial charge in [-0.1, -0.05) is 35.3 Å². The first-order valence-electron chi connectivity index (χ1n) is 9.82. The first kappa shape index (κ1) is 25.6. The summed E-state index contributed by atoms with van der Waals surface area (Å²) in [4.78, 5) is 39.1. The molecule has 1 N–H and O–H groups in total. The molecule has 0 aliphatic rings. The van der Waals surface area contributed by atoms with Gasteiger partial charge in [0.1, 0.15) is 12.6 Å². The smallest absolute Gasteiger partial charge is 0.328 e. The fourth-order valence-corrected chi connectivity index (χ4v) is 3.97. The molecule has 1 unspecified atom stereocenters. The van der Waals surface area contributed by atoms with Crippen LogP contribution in [0.25, 0.3) is 0 Å². The van der Waals surface area contributed by atoms with Crippen LogP contribution in [0.1, 0.15) is 23.6 Å². The van der Waals surface area contributed by atoms with E-state index in [4.69, 9.17) is 32.7 Å². The molecule has 7 nitrogen and oxygen atoms in total. The van der Waals surface area contributed by atoms with E-state index in [1.807, 2.05) is 13.0 Å². The fourth-order valence-electron chi connectivity index (χ4n) is 3.45. The highest BCUT2D eigenvalue weighted by molar-refractivity contribution is 6.35. The summed E-state index contributed by atoms with van der Waals surface area (Å²) in [5.74, 6) is -1.24. The average Bonchev–Trinajstić information content (AvgIpc) is 2.71. The van der Waals surface area contributed by atoms with E-state index in [1.54, 1.807) is 38.1 Å². The Morgan fingerprint density at radius 3 is 2.25 bits per heavy atom. The Balaban J connectivity index is 2.39. The van der Waals surface area contributed by atoms with E-state index >= 15 is 0 Å². The number of carbonyl (C=O) groups excluding carboxylic acids is 3. The third kappa shape index (κ3) is 6.22. The second kappa shape index (κ2) is 11.3. The molecule has 32 heavy (non-hydrogen) atoms. The molecule has 0 aliphatic carbocycles. The topological polar surface area (TPSA) is 84.9 Å². The monoisotopic (exact) mass is 480 g/mol. The molecule has 0 saturated heterocycles. The van der Waals surface area contributed by atoms with Crippen LogP contribution in [0.2, 0.25) is 10.0 Å². The molecular weight excluding hydrogens is 455 g/mol. The van der Waals surface area contributed by atoms with Gasteiger partial charge in [0.25, 0.3) is 5.91 Å². The Morgan fingerprint density at radius 2 is 1.69 bits per heavy atom. The fraction of sp³-hybridized carbons (Fsp3) is 0.348. The Bertz CT molecular complexity index is 1010. The van der Waals surface area contributed by atoms with Crippen LogP contribution >= 0.6 is 23.2 Å². The van der Waals surface area contributed by atoms with Crippen molar-refractivity contribution in [3.63, 3.8) is 0 Å². The summed E-state index contributed by atoms with van der Waals surface area (Å²) < 4.78 is 9.84. The molecule has 0 aromatic heterocycles. The molecule has 0 radical (unpaired) electrons. The number of aryl methyl sites for hydroxylation is 1. The lowest BCUT2D eigenvalue weighted by Crippen LogP contribution is -2.46. The van der Waals surface area contributed by atoms with Gasteiger partial charge in [0.2, 0.25) is 5.91 Å². The zero-order valence-electron chi connectivity index (χ0n) is 18.6. The third-order valence-electron chi connectivity index (χ3n) is 4.95. The van der Waals surface area contributed by atoms with E-state index in [9.17, 15) is 14.4 Å². The number of esters is 1. The summed E-state index contributed by atoms with van der Waals surface area (Å²) in [6, 6.07) is 7.52. The van der Waals surface area contributed by atoms with E-state index in [0.29, 0.717) is 32.5 Å². The number of nitrogens with zero attached hydrogens (tertiary/aromatic N) is 1. The predicted octanol–water partition coefficient (Wildman–Crippen LogP) is 4.33. The summed E-state index contributed by atoms with van der Waals surface area (Å²) >= 11 is 12.0. The number of hydrogen-bond acceptors (Lipinski definition) is 5. The Hall–Kier alpha value is -2.61. The van der Waals surface area contributed by atoms with E-state index in [0.717, 1.165) is 5.56 Å². The molecule has 172 valence electrons. The molecule has 0 saturated carbocycles. The standard InChI is InChI=1S/C23H26Cl2N2O5/c1-13-6-7-16(8-20(28)26-19-10-17(24)9-18(25)11-19)14(2)22(13)27(21(29)12-31-4)15(3)23(30)32-5/h6-7,9-11,15H,8,12H2,1-5H3,(H,26,28). The van der Waals surface area contributed by atoms with Crippen molar-refractivity contribution < 1.29 is 23.9 Å². The number of nitrogens with one attached hydrogen (secondary N) is 1. The van der Waals surface area contributed by atoms with Gasteiger partial charge in [-0.15, -0.1) is 0 Å². The Labute approximate surface area is 197 Å². The summed E-state index contributed by atoms with van der Waals surface area (Å²) in [5.41, 5.74) is 3.19. The molecule has 1 atom stereocenters. The molecule has 9 heteroatoms. The molecule has 2 amide bonds. The van der Waals surface area contributed by atoms with Crippen molar-refractivity contribution >= 4 is 52.4 Å². The first-order valence-corrected chi connectivity index (χ1v) is 10.6. The van der Waals surface area contributed by atoms with Gasteiger partial charge in [0, 0.05) is 22.8 Å². The third-order valence-corrected chi connectivity index (χ3v) is 5.39. The Kier molecular flexibility index (Phi) is 9.07. The summed E-state index contributed by atoms with van der Waals surface area (Å²) in [7, 11) is 2.67. The minimum absolute atomic E-state index is 0.0438. The van der Waals surface area contributed by atoms with Crippen LogP contribution < -0.4 is 10.2 Å². The van der Waals surface area contributed by atoms with Crippen LogP contribution in [0.15, 0.2) is 30.3 Å². The normalized spacial score (nSPS) is 11.6. The maximum absolute atomic E-state index is 12.8. The maximum Gasteiger partial charge on any atom is 0.328 e. The lowest BCUT2D eigenvalue weighted by Gasteiger charge is -2.31. The van der Waals surface area contributed by atoms with Crippen LogP contribution in [0.3, 0.4) is 0 Å². The van der Waals surface area contributed by atoms with E-state index in [-0.39, 0.29) is 18.9 Å². The summed E-state index contributed by atoms with van der Waals surface area (Å²) in [6.07, 6.45) is 0.0438. The van der Waals surface area contributed by atoms with Crippen molar-refractivity contribution in [3.05, 3.63) is 57.1 Å². The number of rotatable bonds is 8. The van der Waals surface area contributed by atoms with Crippen LogP contribution in [0, 0.1) is 13.8 Å². The molecule has 2 rings (SSSR count). The largest absolute Gasteiger partial charge is 0.467 e. The highest BCUT2D eigenvalue weighted by Gasteiger charge is 2.31. The predicted molar refractivity (Wildman–Crippen MR) is 126 cm³/mol. The van der Waals surface area contributed by atoms with Crippen LogP contribution in [-0.4, -0.2) is 44.7 Å². The van der Waals surface area contributed by atoms with Gasteiger partial charge in [-0.05, 0) is 55.7 Å². The molecule has 0 aliphatic heterocycles.